The van der Waals surface area contributed by atoms with Gasteiger partial charge in [-0.05, 0) is 44.8 Å². The maximum atomic E-state index is 11.7. The van der Waals surface area contributed by atoms with E-state index >= 15 is 0 Å². The smallest absolute Gasteiger partial charge is 0.290 e. The van der Waals surface area contributed by atoms with Crippen LogP contribution in [-0.2, 0) is 0 Å². The van der Waals surface area contributed by atoms with Crippen molar-refractivity contribution < 1.29 is 0 Å². The molecule has 2 fully saturated rings. The zero-order chi connectivity index (χ0) is 13.5. The number of anilines is 1. The van der Waals surface area contributed by atoms with Crippen LogP contribution in [0.25, 0.3) is 5.52 Å². The second-order valence-electron chi connectivity index (χ2n) is 5.64. The fraction of sp³-hybridized carbons (Fsp3) is 0.615. The van der Waals surface area contributed by atoms with Gasteiger partial charge in [-0.25, -0.2) is 5.10 Å². The van der Waals surface area contributed by atoms with Crippen molar-refractivity contribution in [2.75, 3.05) is 18.4 Å². The average molecular weight is 274 g/mol. The predicted octanol–water partition coefficient (Wildman–Crippen LogP) is 0.456. The molecule has 2 aromatic heterocycles. The molecule has 2 aliphatic heterocycles. The maximum Gasteiger partial charge on any atom is 0.290 e. The number of piperidine rings is 1. The Morgan fingerprint density at radius 1 is 1.30 bits per heavy atom. The molecule has 2 atom stereocenters. The van der Waals surface area contributed by atoms with E-state index < -0.39 is 0 Å². The number of rotatable bonds is 2. The molecule has 2 aromatic rings. The van der Waals surface area contributed by atoms with Gasteiger partial charge in [0.25, 0.3) is 5.56 Å². The van der Waals surface area contributed by atoms with Crippen molar-refractivity contribution in [2.45, 2.75) is 37.8 Å². The number of hydrogen-bond donors (Lipinski definition) is 2. The summed E-state index contributed by atoms with van der Waals surface area (Å²) in [4.78, 5) is 14.2. The summed E-state index contributed by atoms with van der Waals surface area (Å²) in [6.45, 7) is 2.41. The zero-order valence-electron chi connectivity index (χ0n) is 11.2. The molecule has 0 aliphatic carbocycles. The molecular weight excluding hydrogens is 256 g/mol. The summed E-state index contributed by atoms with van der Waals surface area (Å²) in [5.74, 6) is 0.628. The van der Waals surface area contributed by atoms with Crippen LogP contribution in [0.3, 0.4) is 0 Å². The van der Waals surface area contributed by atoms with Gasteiger partial charge in [0, 0.05) is 12.1 Å². The molecule has 7 nitrogen and oxygen atoms in total. The quantitative estimate of drug-likeness (QED) is 0.831. The van der Waals surface area contributed by atoms with Gasteiger partial charge in [0.05, 0.1) is 6.20 Å². The monoisotopic (exact) mass is 274 g/mol. The second kappa shape index (κ2) is 4.59. The highest BCUT2D eigenvalue weighted by molar-refractivity contribution is 5.47. The number of fused-ring (bicyclic) bond motifs is 2. The molecule has 0 unspecified atom stereocenters. The third-order valence-corrected chi connectivity index (χ3v) is 4.49. The molecule has 7 heteroatoms. The molecule has 4 rings (SSSR count). The van der Waals surface area contributed by atoms with Gasteiger partial charge in [-0.3, -0.25) is 9.69 Å². The Morgan fingerprint density at radius 3 is 3.05 bits per heavy atom. The highest BCUT2D eigenvalue weighted by Crippen LogP contribution is 2.28. The average Bonchev–Trinajstić information content (AvgIpc) is 3.10. The molecular formula is C13H18N6O. The Hall–Kier alpha value is -1.89. The van der Waals surface area contributed by atoms with E-state index in [0.717, 1.165) is 6.42 Å². The lowest BCUT2D eigenvalue weighted by Crippen LogP contribution is -2.48. The molecule has 106 valence electrons. The molecule has 0 saturated carbocycles. The third-order valence-electron chi connectivity index (χ3n) is 4.49. The van der Waals surface area contributed by atoms with Crippen LogP contribution in [0, 0.1) is 0 Å². The Bertz CT molecular complexity index is 677. The van der Waals surface area contributed by atoms with E-state index in [1.165, 1.54) is 32.4 Å². The van der Waals surface area contributed by atoms with E-state index in [0.29, 0.717) is 23.5 Å². The van der Waals surface area contributed by atoms with Crippen LogP contribution in [0.2, 0.25) is 0 Å². The Morgan fingerprint density at radius 2 is 2.15 bits per heavy atom. The normalized spacial score (nSPS) is 26.8. The van der Waals surface area contributed by atoms with Crippen LogP contribution in [0.5, 0.6) is 0 Å². The molecule has 0 bridgehead atoms. The number of nitrogens with one attached hydrogen (secondary N) is 2. The molecule has 0 radical (unpaired) electrons. The highest BCUT2D eigenvalue weighted by Gasteiger charge is 2.35. The van der Waals surface area contributed by atoms with Gasteiger partial charge in [-0.2, -0.15) is 9.61 Å². The van der Waals surface area contributed by atoms with Crippen LogP contribution in [0.15, 0.2) is 17.1 Å². The minimum atomic E-state index is -0.209. The fourth-order valence-electron chi connectivity index (χ4n) is 3.57. The van der Waals surface area contributed by atoms with Crippen LogP contribution in [0.4, 0.5) is 5.95 Å². The van der Waals surface area contributed by atoms with Gasteiger partial charge in [0.15, 0.2) is 0 Å². The van der Waals surface area contributed by atoms with Crippen molar-refractivity contribution in [1.82, 2.24) is 24.7 Å². The summed E-state index contributed by atoms with van der Waals surface area (Å²) >= 11 is 0. The van der Waals surface area contributed by atoms with E-state index in [-0.39, 0.29) is 5.56 Å². The zero-order valence-corrected chi connectivity index (χ0v) is 11.2. The number of nitrogens with zero attached hydrogens (tertiary/aromatic N) is 4. The van der Waals surface area contributed by atoms with Crippen LogP contribution < -0.4 is 10.9 Å². The molecule has 0 amide bonds. The Balaban J connectivity index is 1.65. The van der Waals surface area contributed by atoms with E-state index in [1.54, 1.807) is 16.8 Å². The SMILES string of the molecule is O=c1[nH]nc(N[C@H]2CCCN3CCC[C@H]23)n2nccc12. The van der Waals surface area contributed by atoms with Crippen molar-refractivity contribution in [1.29, 1.82) is 0 Å². The van der Waals surface area contributed by atoms with E-state index in [9.17, 15) is 4.79 Å². The lowest BCUT2D eigenvalue weighted by molar-refractivity contribution is 0.182. The Labute approximate surface area is 116 Å². The largest absolute Gasteiger partial charge is 0.349 e. The van der Waals surface area contributed by atoms with Gasteiger partial charge in [-0.1, -0.05) is 0 Å². The van der Waals surface area contributed by atoms with Crippen molar-refractivity contribution in [3.63, 3.8) is 0 Å². The predicted molar refractivity (Wildman–Crippen MR) is 74.8 cm³/mol. The van der Waals surface area contributed by atoms with Gasteiger partial charge in [-0.15, -0.1) is 5.10 Å². The van der Waals surface area contributed by atoms with Gasteiger partial charge in [0.1, 0.15) is 5.52 Å². The van der Waals surface area contributed by atoms with E-state index in [2.05, 4.69) is 25.5 Å². The van der Waals surface area contributed by atoms with Crippen LogP contribution >= 0.6 is 0 Å². The number of aromatic amines is 1. The molecule has 2 N–H and O–H groups in total. The summed E-state index contributed by atoms with van der Waals surface area (Å²) in [6, 6.07) is 2.68. The Kier molecular flexibility index (Phi) is 2.73. The molecule has 4 heterocycles. The number of aromatic nitrogens is 4. The fourth-order valence-corrected chi connectivity index (χ4v) is 3.57. The summed E-state index contributed by atoms with van der Waals surface area (Å²) in [5, 5.41) is 14.3. The molecule has 2 saturated heterocycles. The topological polar surface area (TPSA) is 78.3 Å². The minimum absolute atomic E-state index is 0.209. The molecule has 20 heavy (non-hydrogen) atoms. The van der Waals surface area contributed by atoms with Crippen molar-refractivity contribution in [3.8, 4) is 0 Å². The minimum Gasteiger partial charge on any atom is -0.349 e. The van der Waals surface area contributed by atoms with E-state index in [4.69, 9.17) is 0 Å². The molecule has 2 aliphatic rings. The number of H-pyrrole nitrogens is 1. The first-order valence-electron chi connectivity index (χ1n) is 7.26. The van der Waals surface area contributed by atoms with Crippen molar-refractivity contribution >= 4 is 11.5 Å². The highest BCUT2D eigenvalue weighted by atomic mass is 16.1. The number of hydrogen-bond acceptors (Lipinski definition) is 5. The lowest BCUT2D eigenvalue weighted by Gasteiger charge is -2.37. The maximum absolute atomic E-state index is 11.7. The first kappa shape index (κ1) is 11.9. The lowest BCUT2D eigenvalue weighted by atomic mass is 9.96. The first-order valence-corrected chi connectivity index (χ1v) is 7.26. The molecule has 0 spiro atoms. The molecule has 0 aromatic carbocycles. The van der Waals surface area contributed by atoms with Crippen LogP contribution in [-0.4, -0.2) is 49.9 Å². The summed E-state index contributed by atoms with van der Waals surface area (Å²) in [5.41, 5.74) is 0.320. The van der Waals surface area contributed by atoms with E-state index in [1.807, 2.05) is 0 Å². The van der Waals surface area contributed by atoms with Gasteiger partial charge >= 0.3 is 0 Å². The van der Waals surface area contributed by atoms with Crippen LogP contribution in [0.1, 0.15) is 25.7 Å². The van der Waals surface area contributed by atoms with Crippen molar-refractivity contribution in [2.24, 2.45) is 0 Å². The summed E-state index contributed by atoms with van der Waals surface area (Å²) in [7, 11) is 0. The second-order valence-corrected chi connectivity index (χ2v) is 5.64. The summed E-state index contributed by atoms with van der Waals surface area (Å²) in [6.07, 6.45) is 6.49. The standard InChI is InChI=1S/C13H18N6O/c20-12-11-5-6-14-19(11)13(17-16-12)15-9-3-1-7-18-8-2-4-10(9)18/h5-6,9-10H,1-4,7-8H2,(H,15,17)(H,16,20)/t9-,10+/m0/s1. The van der Waals surface area contributed by atoms with Gasteiger partial charge < -0.3 is 5.32 Å². The van der Waals surface area contributed by atoms with Crippen molar-refractivity contribution in [3.05, 3.63) is 22.6 Å². The first-order chi connectivity index (χ1) is 9.83. The summed E-state index contributed by atoms with van der Waals surface area (Å²) < 4.78 is 1.59. The third kappa shape index (κ3) is 1.81. The van der Waals surface area contributed by atoms with Gasteiger partial charge in [0.2, 0.25) is 5.95 Å².